The third-order valence-corrected chi connectivity index (χ3v) is 3.73. The third kappa shape index (κ3) is 3.83. The molecule has 0 unspecified atom stereocenters. The van der Waals surface area contributed by atoms with Gasteiger partial charge >= 0.3 is 0 Å². The van der Waals surface area contributed by atoms with Gasteiger partial charge in [-0.3, -0.25) is 9.98 Å². The lowest BCUT2D eigenvalue weighted by Gasteiger charge is -2.16. The van der Waals surface area contributed by atoms with Gasteiger partial charge in [0, 0.05) is 0 Å². The lowest BCUT2D eigenvalue weighted by molar-refractivity contribution is 0.211. The number of aliphatic imine (C=N–C) groups is 1. The molecule has 3 rings (SSSR count). The minimum Gasteiger partial charge on any atom is -0.466 e. The van der Waals surface area contributed by atoms with Gasteiger partial charge < -0.3 is 10.1 Å². The number of aromatic nitrogens is 3. The van der Waals surface area contributed by atoms with Gasteiger partial charge in [0.25, 0.3) is 5.88 Å². The average Bonchev–Trinajstić information content (AvgIpc) is 3.03. The molecule has 0 spiro atoms. The fourth-order valence-electron chi connectivity index (χ4n) is 2.36. The van der Waals surface area contributed by atoms with Crippen molar-refractivity contribution >= 4 is 11.7 Å². The summed E-state index contributed by atoms with van der Waals surface area (Å²) in [5, 5.41) is 12.4. The molecule has 26 heavy (non-hydrogen) atoms. The van der Waals surface area contributed by atoms with Crippen molar-refractivity contribution in [2.75, 3.05) is 11.9 Å². The summed E-state index contributed by atoms with van der Waals surface area (Å²) in [6.45, 7) is 6.11. The largest absolute Gasteiger partial charge is 0.466 e. The maximum Gasteiger partial charge on any atom is 0.253 e. The first-order valence-corrected chi connectivity index (χ1v) is 8.01. The molecule has 2 aromatic rings. The Morgan fingerprint density at radius 3 is 2.73 bits per heavy atom. The summed E-state index contributed by atoms with van der Waals surface area (Å²) in [5.74, 6) is 0.797. The van der Waals surface area contributed by atoms with Crippen LogP contribution in [0, 0.1) is 24.1 Å². The van der Waals surface area contributed by atoms with Gasteiger partial charge in [0.05, 0.1) is 24.1 Å². The topological polar surface area (TPSA) is 96.1 Å². The van der Waals surface area contributed by atoms with Crippen molar-refractivity contribution in [3.8, 4) is 11.9 Å². The van der Waals surface area contributed by atoms with Crippen molar-refractivity contribution in [3.05, 3.63) is 52.9 Å². The number of aryl methyl sites for hydroxylation is 1. The molecule has 0 saturated heterocycles. The molecule has 1 aliphatic rings. The summed E-state index contributed by atoms with van der Waals surface area (Å²) in [7, 11) is 0. The van der Waals surface area contributed by atoms with Crippen LogP contribution in [0.15, 0.2) is 35.0 Å². The van der Waals surface area contributed by atoms with Crippen molar-refractivity contribution in [3.63, 3.8) is 0 Å². The lowest BCUT2D eigenvalue weighted by atomic mass is 10.2. The summed E-state index contributed by atoms with van der Waals surface area (Å²) in [5.41, 5.74) is 2.29. The van der Waals surface area contributed by atoms with Gasteiger partial charge in [0.15, 0.2) is 5.82 Å². The van der Waals surface area contributed by atoms with E-state index in [1.807, 2.05) is 19.1 Å². The van der Waals surface area contributed by atoms with Crippen molar-refractivity contribution in [1.82, 2.24) is 15.0 Å². The van der Waals surface area contributed by atoms with Gasteiger partial charge in [-0.1, -0.05) is 0 Å². The van der Waals surface area contributed by atoms with Gasteiger partial charge in [-0.15, -0.1) is 0 Å². The highest BCUT2D eigenvalue weighted by molar-refractivity contribution is 6.05. The number of nitrogens with one attached hydrogen (secondary N) is 1. The molecule has 3 heterocycles. The van der Waals surface area contributed by atoms with Crippen molar-refractivity contribution in [1.29, 1.82) is 5.26 Å². The second-order valence-electron chi connectivity index (χ2n) is 5.90. The Labute approximate surface area is 150 Å². The smallest absolute Gasteiger partial charge is 0.253 e. The van der Waals surface area contributed by atoms with E-state index in [1.165, 1.54) is 12.1 Å². The minimum absolute atomic E-state index is 0.0714. The fraction of sp³-hybridized carbons (Fsp3) is 0.278. The van der Waals surface area contributed by atoms with Crippen LogP contribution in [0.25, 0.3) is 0 Å². The predicted octanol–water partition coefficient (Wildman–Crippen LogP) is 3.10. The van der Waals surface area contributed by atoms with Crippen LogP contribution in [0.3, 0.4) is 0 Å². The van der Waals surface area contributed by atoms with E-state index >= 15 is 0 Å². The Morgan fingerprint density at radius 1 is 1.31 bits per heavy atom. The van der Waals surface area contributed by atoms with Gasteiger partial charge in [0.2, 0.25) is 5.69 Å². The molecule has 0 aliphatic carbocycles. The van der Waals surface area contributed by atoms with Crippen LogP contribution in [0.5, 0.6) is 5.88 Å². The Balaban J connectivity index is 1.86. The number of nitriles is 1. The van der Waals surface area contributed by atoms with Crippen LogP contribution in [0.2, 0.25) is 0 Å². The molecule has 2 aromatic heterocycles. The van der Waals surface area contributed by atoms with Gasteiger partial charge in [0.1, 0.15) is 23.8 Å². The van der Waals surface area contributed by atoms with Crippen LogP contribution >= 0.6 is 0 Å². The molecule has 7 nitrogen and oxygen atoms in total. The Morgan fingerprint density at radius 2 is 2.12 bits per heavy atom. The number of hydrogen-bond acceptors (Lipinski definition) is 7. The fourth-order valence-corrected chi connectivity index (χ4v) is 2.36. The number of rotatable bonds is 4. The number of hydrogen-bond donors (Lipinski definition) is 1. The van der Waals surface area contributed by atoms with Crippen LogP contribution in [-0.2, 0) is 0 Å². The van der Waals surface area contributed by atoms with E-state index < -0.39 is 11.9 Å². The molecule has 0 fully saturated rings. The van der Waals surface area contributed by atoms with E-state index in [4.69, 9.17) is 4.74 Å². The van der Waals surface area contributed by atoms with Crippen molar-refractivity contribution in [2.45, 2.75) is 26.9 Å². The number of amidine groups is 1. The summed E-state index contributed by atoms with van der Waals surface area (Å²) in [4.78, 5) is 17.0. The molecule has 8 heteroatoms. The first-order valence-electron chi connectivity index (χ1n) is 8.01. The molecule has 1 atom stereocenters. The lowest BCUT2D eigenvalue weighted by Crippen LogP contribution is -2.14. The van der Waals surface area contributed by atoms with Crippen molar-refractivity contribution < 1.29 is 9.13 Å². The number of halogens is 1. The van der Waals surface area contributed by atoms with Gasteiger partial charge in [-0.2, -0.15) is 10.2 Å². The highest BCUT2D eigenvalue weighted by Crippen LogP contribution is 2.24. The summed E-state index contributed by atoms with van der Waals surface area (Å²) in [6.07, 6.45) is 2.50. The van der Waals surface area contributed by atoms with Crippen LogP contribution in [0.1, 0.15) is 37.0 Å². The van der Waals surface area contributed by atoms with E-state index in [2.05, 4.69) is 25.3 Å². The van der Waals surface area contributed by atoms with E-state index in [0.29, 0.717) is 29.6 Å². The Bertz CT molecular complexity index is 930. The standard InChI is InChI=1S/C18H17FN6O/c1-10-6-16(22-8-10)24-17-11(2)23-15(7-20)18(25-17)26-12(3)14-5-4-13(19)9-21-14/h4-6,9,12H,8H2,1-3H3,(H,22,24,25)/t12-/m0/s1. The van der Waals surface area contributed by atoms with E-state index in [-0.39, 0.29) is 11.6 Å². The first-order chi connectivity index (χ1) is 12.5. The molecule has 0 amide bonds. The zero-order valence-electron chi connectivity index (χ0n) is 14.6. The minimum atomic E-state index is -0.529. The molecule has 1 aliphatic heterocycles. The van der Waals surface area contributed by atoms with E-state index in [1.54, 1.807) is 13.8 Å². The Kier molecular flexibility index (Phi) is 4.89. The normalized spacial score (nSPS) is 14.3. The predicted molar refractivity (Wildman–Crippen MR) is 94.4 cm³/mol. The third-order valence-electron chi connectivity index (χ3n) is 3.73. The highest BCUT2D eigenvalue weighted by atomic mass is 19.1. The van der Waals surface area contributed by atoms with Crippen LogP contribution in [0.4, 0.5) is 10.2 Å². The molecule has 0 radical (unpaired) electrons. The monoisotopic (exact) mass is 352 g/mol. The molecule has 0 aromatic carbocycles. The summed E-state index contributed by atoms with van der Waals surface area (Å²) in [6, 6.07) is 4.80. The molecular weight excluding hydrogens is 335 g/mol. The van der Waals surface area contributed by atoms with E-state index in [0.717, 1.165) is 11.8 Å². The number of nitrogens with zero attached hydrogens (tertiary/aromatic N) is 5. The zero-order valence-corrected chi connectivity index (χ0v) is 14.6. The first kappa shape index (κ1) is 17.5. The van der Waals surface area contributed by atoms with Crippen molar-refractivity contribution in [2.24, 2.45) is 4.99 Å². The number of anilines is 1. The average molecular weight is 352 g/mol. The molecule has 1 N–H and O–H groups in total. The second-order valence-corrected chi connectivity index (χ2v) is 5.90. The summed E-state index contributed by atoms with van der Waals surface area (Å²) < 4.78 is 18.8. The molecule has 0 saturated carbocycles. The van der Waals surface area contributed by atoms with Crippen LogP contribution < -0.4 is 10.1 Å². The van der Waals surface area contributed by atoms with E-state index in [9.17, 15) is 9.65 Å². The quantitative estimate of drug-likeness (QED) is 0.908. The van der Waals surface area contributed by atoms with Crippen LogP contribution in [-0.4, -0.2) is 27.3 Å². The SMILES string of the molecule is CC1=CC(Nc2nc(O[C@@H](C)c3ccc(F)cn3)c(C#N)nc2C)=NC1. The number of ether oxygens (including phenoxy) is 1. The molecule has 132 valence electrons. The van der Waals surface area contributed by atoms with Gasteiger partial charge in [-0.25, -0.2) is 9.37 Å². The number of pyridine rings is 1. The highest BCUT2D eigenvalue weighted by Gasteiger charge is 2.18. The Hall–Kier alpha value is -3.34. The second kappa shape index (κ2) is 7.27. The zero-order chi connectivity index (χ0) is 18.7. The maximum atomic E-state index is 13.0. The molecular formula is C18H17FN6O. The molecule has 0 bridgehead atoms. The van der Waals surface area contributed by atoms with Gasteiger partial charge in [-0.05, 0) is 44.6 Å². The summed E-state index contributed by atoms with van der Waals surface area (Å²) >= 11 is 0. The maximum absolute atomic E-state index is 13.0.